The van der Waals surface area contributed by atoms with Gasteiger partial charge in [0.25, 0.3) is 11.5 Å². The van der Waals surface area contributed by atoms with Gasteiger partial charge < -0.3 is 9.47 Å². The van der Waals surface area contributed by atoms with E-state index in [4.69, 9.17) is 9.47 Å². The molecule has 0 saturated carbocycles. The monoisotopic (exact) mass is 502 g/mol. The lowest BCUT2D eigenvalue weighted by Crippen LogP contribution is -2.34. The molecule has 0 bridgehead atoms. The molecule has 4 aromatic rings. The first-order valence-corrected chi connectivity index (χ1v) is 12.1. The van der Waals surface area contributed by atoms with Crippen molar-refractivity contribution in [2.24, 2.45) is 5.10 Å². The number of benzene rings is 2. The molecule has 2 aliphatic heterocycles. The summed E-state index contributed by atoms with van der Waals surface area (Å²) < 4.78 is 25.5. The van der Waals surface area contributed by atoms with Gasteiger partial charge in [-0.1, -0.05) is 18.2 Å². The largest absolute Gasteiger partial charge is 0.454 e. The van der Waals surface area contributed by atoms with E-state index in [0.29, 0.717) is 23.6 Å². The van der Waals surface area contributed by atoms with E-state index in [-0.39, 0.29) is 19.2 Å². The number of hydrogen-bond acceptors (Lipinski definition) is 7. The second kappa shape index (κ2) is 9.04. The van der Waals surface area contributed by atoms with E-state index in [9.17, 15) is 14.0 Å². The van der Waals surface area contributed by atoms with Gasteiger partial charge in [-0.2, -0.15) is 10.2 Å². The normalized spacial score (nSPS) is 16.3. The Bertz CT molecular complexity index is 1530. The van der Waals surface area contributed by atoms with Crippen molar-refractivity contribution in [1.29, 1.82) is 0 Å². The van der Waals surface area contributed by atoms with E-state index < -0.39 is 17.5 Å². The first-order chi connectivity index (χ1) is 17.5. The second-order valence-corrected chi connectivity index (χ2v) is 9.26. The highest BCUT2D eigenvalue weighted by molar-refractivity contribution is 7.12. The molecule has 1 atom stereocenters. The second-order valence-electron chi connectivity index (χ2n) is 8.32. The molecule has 2 aromatic heterocycles. The Balaban J connectivity index is 1.30. The minimum absolute atomic E-state index is 0.152. The van der Waals surface area contributed by atoms with Crippen molar-refractivity contribution in [2.75, 3.05) is 6.79 Å². The Morgan fingerprint density at radius 1 is 1.06 bits per heavy atom. The summed E-state index contributed by atoms with van der Waals surface area (Å²) in [5.41, 5.74) is 2.35. The number of fused-ring (bicyclic) bond motifs is 1. The molecule has 1 unspecified atom stereocenters. The molecule has 36 heavy (non-hydrogen) atoms. The number of nitrogens with zero attached hydrogens (tertiary/aromatic N) is 4. The summed E-state index contributed by atoms with van der Waals surface area (Å²) in [4.78, 5) is 27.0. The van der Waals surface area contributed by atoms with Gasteiger partial charge in [0.15, 0.2) is 11.5 Å². The Hall–Kier alpha value is -4.31. The molecule has 4 heterocycles. The summed E-state index contributed by atoms with van der Waals surface area (Å²) >= 11 is 1.53. The van der Waals surface area contributed by atoms with Crippen molar-refractivity contribution >= 4 is 23.0 Å². The van der Waals surface area contributed by atoms with Gasteiger partial charge in [-0.05, 0) is 53.4 Å². The number of hydrogen-bond donors (Lipinski definition) is 0. The molecular formula is C26H19FN4O4S. The Morgan fingerprint density at radius 2 is 1.89 bits per heavy atom. The average molecular weight is 503 g/mol. The maximum atomic E-state index is 13.5. The van der Waals surface area contributed by atoms with Crippen LogP contribution in [0.4, 0.5) is 4.39 Å². The van der Waals surface area contributed by atoms with E-state index in [1.54, 1.807) is 30.3 Å². The molecule has 1 amide bonds. The van der Waals surface area contributed by atoms with Gasteiger partial charge >= 0.3 is 0 Å². The van der Waals surface area contributed by atoms with Crippen LogP contribution < -0.4 is 15.0 Å². The first-order valence-electron chi connectivity index (χ1n) is 11.2. The summed E-state index contributed by atoms with van der Waals surface area (Å²) in [5, 5.41) is 12.3. The molecule has 180 valence electrons. The van der Waals surface area contributed by atoms with Crippen LogP contribution in [0.3, 0.4) is 0 Å². The van der Waals surface area contributed by atoms with Gasteiger partial charge in [-0.3, -0.25) is 9.59 Å². The summed E-state index contributed by atoms with van der Waals surface area (Å²) in [6, 6.07) is 17.8. The lowest BCUT2D eigenvalue weighted by molar-refractivity contribution is -0.133. The lowest BCUT2D eigenvalue weighted by atomic mass is 10.0. The molecule has 2 aromatic carbocycles. The van der Waals surface area contributed by atoms with Gasteiger partial charge in [-0.15, -0.1) is 11.3 Å². The molecule has 0 saturated heterocycles. The van der Waals surface area contributed by atoms with Crippen LogP contribution in [0.2, 0.25) is 0 Å². The average Bonchev–Trinajstić information content (AvgIpc) is 3.65. The van der Waals surface area contributed by atoms with Crippen LogP contribution in [-0.4, -0.2) is 33.2 Å². The zero-order chi connectivity index (χ0) is 24.6. The molecular weight excluding hydrogens is 483 g/mol. The molecule has 0 radical (unpaired) electrons. The third kappa shape index (κ3) is 4.16. The van der Waals surface area contributed by atoms with Gasteiger partial charge in [0.05, 0.1) is 22.3 Å². The molecule has 6 rings (SSSR count). The fraction of sp³-hybridized carbons (Fsp3) is 0.154. The summed E-state index contributed by atoms with van der Waals surface area (Å²) in [6.45, 7) is -0.143. The smallest absolute Gasteiger partial charge is 0.267 e. The Morgan fingerprint density at radius 3 is 2.69 bits per heavy atom. The number of rotatable bonds is 5. The van der Waals surface area contributed by atoms with E-state index in [2.05, 4.69) is 10.2 Å². The van der Waals surface area contributed by atoms with Gasteiger partial charge in [-0.25, -0.2) is 14.1 Å². The molecule has 0 aliphatic carbocycles. The molecule has 10 heteroatoms. The molecule has 2 aliphatic rings. The molecule has 8 nitrogen and oxygen atoms in total. The van der Waals surface area contributed by atoms with Crippen molar-refractivity contribution in [3.8, 4) is 22.8 Å². The minimum atomic E-state index is -0.414. The van der Waals surface area contributed by atoms with Gasteiger partial charge in [0.2, 0.25) is 6.79 Å². The predicted octanol–water partition coefficient (Wildman–Crippen LogP) is 4.22. The zero-order valence-electron chi connectivity index (χ0n) is 18.8. The van der Waals surface area contributed by atoms with Crippen LogP contribution in [0.15, 0.2) is 82.0 Å². The molecule has 0 N–H and O–H groups in total. The fourth-order valence-electron chi connectivity index (χ4n) is 4.25. The van der Waals surface area contributed by atoms with Crippen molar-refractivity contribution in [3.63, 3.8) is 0 Å². The van der Waals surface area contributed by atoms with Crippen LogP contribution >= 0.6 is 11.3 Å². The number of carbonyl (C=O) groups is 1. The van der Waals surface area contributed by atoms with Crippen LogP contribution in [0, 0.1) is 5.82 Å². The summed E-state index contributed by atoms with van der Waals surface area (Å²) in [6.07, 6.45) is 0.484. The number of halogens is 1. The summed E-state index contributed by atoms with van der Waals surface area (Å²) in [7, 11) is 0. The number of aromatic nitrogens is 2. The number of thiophene rings is 1. The van der Waals surface area contributed by atoms with Crippen LogP contribution in [0.1, 0.15) is 22.9 Å². The van der Waals surface area contributed by atoms with E-state index in [1.165, 1.54) is 34.5 Å². The highest BCUT2D eigenvalue weighted by Gasteiger charge is 2.33. The predicted molar refractivity (Wildman–Crippen MR) is 132 cm³/mol. The molecule has 0 spiro atoms. The van der Waals surface area contributed by atoms with Crippen LogP contribution in [0.5, 0.6) is 11.5 Å². The Kier molecular flexibility index (Phi) is 5.57. The van der Waals surface area contributed by atoms with E-state index in [1.807, 2.05) is 23.6 Å². The number of amides is 1. The zero-order valence-corrected chi connectivity index (χ0v) is 19.7. The van der Waals surface area contributed by atoms with E-state index >= 15 is 0 Å². The topological polar surface area (TPSA) is 86.0 Å². The first kappa shape index (κ1) is 22.2. The van der Waals surface area contributed by atoms with Crippen molar-refractivity contribution in [1.82, 2.24) is 14.8 Å². The van der Waals surface area contributed by atoms with Crippen molar-refractivity contribution < 1.29 is 18.7 Å². The maximum absolute atomic E-state index is 13.5. The minimum Gasteiger partial charge on any atom is -0.454 e. The number of hydrazone groups is 1. The van der Waals surface area contributed by atoms with Gasteiger partial charge in [0, 0.05) is 18.1 Å². The van der Waals surface area contributed by atoms with E-state index in [0.717, 1.165) is 26.4 Å². The fourth-order valence-corrected chi connectivity index (χ4v) is 4.97. The lowest BCUT2D eigenvalue weighted by Gasteiger charge is -2.22. The highest BCUT2D eigenvalue weighted by Crippen LogP contribution is 2.36. The highest BCUT2D eigenvalue weighted by atomic mass is 32.1. The standard InChI is InChI=1S/C26H19FN4O4S/c27-18-6-3-16(4-7-18)21-13-20(24-2-1-11-36-24)29-31(21)26(33)14-30-25(32)10-8-19(28-30)17-5-9-22-23(12-17)35-15-34-22/h1-12,21H,13-15H2. The molecule has 0 fully saturated rings. The van der Waals surface area contributed by atoms with Crippen LogP contribution in [0.25, 0.3) is 11.3 Å². The summed E-state index contributed by atoms with van der Waals surface area (Å²) in [5.74, 6) is 0.485. The third-order valence-corrected chi connectivity index (χ3v) is 6.97. The van der Waals surface area contributed by atoms with Crippen LogP contribution in [-0.2, 0) is 11.3 Å². The maximum Gasteiger partial charge on any atom is 0.267 e. The third-order valence-electron chi connectivity index (χ3n) is 6.05. The van der Waals surface area contributed by atoms with Crippen molar-refractivity contribution in [2.45, 2.75) is 19.0 Å². The van der Waals surface area contributed by atoms with Crippen molar-refractivity contribution in [3.05, 3.63) is 98.7 Å². The number of ether oxygens (including phenoxy) is 2. The SMILES string of the molecule is O=C(Cn1nc(-c2ccc3c(c2)OCO3)ccc1=O)N1N=C(c2cccs2)CC1c1ccc(F)cc1. The quantitative estimate of drug-likeness (QED) is 0.408. The number of carbonyl (C=O) groups excluding carboxylic acids is 1. The van der Waals surface area contributed by atoms with Gasteiger partial charge in [0.1, 0.15) is 12.4 Å². The Labute approximate surface area is 208 Å².